The third kappa shape index (κ3) is 2.23. The Morgan fingerprint density at radius 1 is 1.42 bits per heavy atom. The molecule has 1 aromatic carbocycles. The summed E-state index contributed by atoms with van der Waals surface area (Å²) >= 11 is 0. The molecule has 0 radical (unpaired) electrons. The van der Waals surface area contributed by atoms with Gasteiger partial charge in [0.1, 0.15) is 0 Å². The van der Waals surface area contributed by atoms with Crippen molar-refractivity contribution in [2.24, 2.45) is 5.92 Å². The lowest BCUT2D eigenvalue weighted by Crippen LogP contribution is -2.31. The highest BCUT2D eigenvalue weighted by molar-refractivity contribution is 5.64. The van der Waals surface area contributed by atoms with E-state index < -0.39 is 0 Å². The third-order valence-corrected chi connectivity index (χ3v) is 4.92. The summed E-state index contributed by atoms with van der Waals surface area (Å²) in [5.74, 6) is 3.21. The largest absolute Gasteiger partial charge is 0.120 e. The molecule has 1 aliphatic carbocycles. The van der Waals surface area contributed by atoms with E-state index in [0.717, 1.165) is 19.3 Å². The molecular formula is C19H24. The Morgan fingerprint density at radius 3 is 2.79 bits per heavy atom. The lowest BCUT2D eigenvalue weighted by atomic mass is 9.67. The summed E-state index contributed by atoms with van der Waals surface area (Å²) in [7, 11) is 0. The molecule has 0 nitrogen and oxygen atoms in total. The van der Waals surface area contributed by atoms with E-state index >= 15 is 0 Å². The van der Waals surface area contributed by atoms with Gasteiger partial charge in [-0.05, 0) is 48.4 Å². The first kappa shape index (κ1) is 13.9. The Bertz CT molecular complexity index is 542. The molecule has 100 valence electrons. The smallest absolute Gasteiger partial charge is 0.0266 e. The molecule has 0 saturated carbocycles. The average Bonchev–Trinajstić information content (AvgIpc) is 2.45. The van der Waals surface area contributed by atoms with Crippen LogP contribution in [0.1, 0.15) is 55.9 Å². The monoisotopic (exact) mass is 252 g/mol. The van der Waals surface area contributed by atoms with Crippen LogP contribution in [-0.4, -0.2) is 0 Å². The molecule has 0 saturated heterocycles. The highest BCUT2D eigenvalue weighted by Gasteiger charge is 2.34. The Kier molecular flexibility index (Phi) is 3.85. The van der Waals surface area contributed by atoms with Crippen molar-refractivity contribution in [1.29, 1.82) is 0 Å². The zero-order valence-corrected chi connectivity index (χ0v) is 12.6. The molecule has 0 spiro atoms. The Morgan fingerprint density at radius 2 is 2.16 bits per heavy atom. The van der Waals surface area contributed by atoms with Crippen LogP contribution in [-0.2, 0) is 11.8 Å². The first-order valence-electron chi connectivity index (χ1n) is 7.30. The van der Waals surface area contributed by atoms with Crippen LogP contribution in [0.3, 0.4) is 0 Å². The Labute approximate surface area is 117 Å². The normalized spacial score (nSPS) is 18.3. The van der Waals surface area contributed by atoms with Crippen LogP contribution >= 0.6 is 0 Å². The lowest BCUT2D eigenvalue weighted by molar-refractivity contribution is 0.365. The predicted octanol–water partition coefficient (Wildman–Crippen LogP) is 4.89. The average molecular weight is 252 g/mol. The van der Waals surface area contributed by atoms with E-state index in [4.69, 9.17) is 6.42 Å². The van der Waals surface area contributed by atoms with Crippen LogP contribution in [0, 0.1) is 25.2 Å². The fourth-order valence-electron chi connectivity index (χ4n) is 3.26. The van der Waals surface area contributed by atoms with Gasteiger partial charge in [0.25, 0.3) is 0 Å². The topological polar surface area (TPSA) is 0 Å². The van der Waals surface area contributed by atoms with Gasteiger partial charge < -0.3 is 0 Å². The summed E-state index contributed by atoms with van der Waals surface area (Å²) in [6, 6.07) is 4.55. The second kappa shape index (κ2) is 5.25. The van der Waals surface area contributed by atoms with E-state index in [2.05, 4.69) is 57.9 Å². The Hall–Kier alpha value is -1.48. The molecule has 0 aliphatic heterocycles. The first-order chi connectivity index (χ1) is 9.04. The molecule has 1 aliphatic rings. The first-order valence-corrected chi connectivity index (χ1v) is 7.30. The van der Waals surface area contributed by atoms with Gasteiger partial charge in [-0.2, -0.15) is 0 Å². The van der Waals surface area contributed by atoms with Crippen molar-refractivity contribution in [3.63, 3.8) is 0 Å². The van der Waals surface area contributed by atoms with Crippen molar-refractivity contribution in [1.82, 2.24) is 0 Å². The second-order valence-corrected chi connectivity index (χ2v) is 5.93. The molecule has 19 heavy (non-hydrogen) atoms. The summed E-state index contributed by atoms with van der Waals surface area (Å²) in [6.07, 6.45) is 13.7. The molecule has 0 aromatic heterocycles. The van der Waals surface area contributed by atoms with Gasteiger partial charge in [0, 0.05) is 11.3 Å². The number of hydrogen-bond donors (Lipinski definition) is 0. The van der Waals surface area contributed by atoms with Crippen LogP contribution < -0.4 is 0 Å². The number of hydrogen-bond acceptors (Lipinski definition) is 0. The quantitative estimate of drug-likeness (QED) is 0.672. The maximum atomic E-state index is 5.73. The minimum Gasteiger partial charge on any atom is -0.120 e. The van der Waals surface area contributed by atoms with Crippen LogP contribution in [0.25, 0.3) is 6.08 Å². The van der Waals surface area contributed by atoms with Crippen molar-refractivity contribution in [2.45, 2.75) is 52.4 Å². The number of terminal acetylenes is 1. The van der Waals surface area contributed by atoms with Crippen LogP contribution in [0.5, 0.6) is 0 Å². The van der Waals surface area contributed by atoms with Crippen LogP contribution in [0.15, 0.2) is 18.2 Å². The molecule has 2 rings (SSSR count). The fourth-order valence-corrected chi connectivity index (χ4v) is 3.26. The number of allylic oxidation sites excluding steroid dienone is 1. The molecule has 0 heterocycles. The van der Waals surface area contributed by atoms with Gasteiger partial charge in [0.2, 0.25) is 0 Å². The van der Waals surface area contributed by atoms with Crippen molar-refractivity contribution >= 4 is 6.08 Å². The summed E-state index contributed by atoms with van der Waals surface area (Å²) in [5, 5.41) is 0. The van der Waals surface area contributed by atoms with E-state index in [1.54, 1.807) is 0 Å². The molecule has 0 heteroatoms. The Balaban J connectivity index is 2.68. The van der Waals surface area contributed by atoms with Gasteiger partial charge in [-0.15, -0.1) is 12.3 Å². The van der Waals surface area contributed by atoms with E-state index in [0.29, 0.717) is 0 Å². The zero-order valence-electron chi connectivity index (χ0n) is 12.6. The standard InChI is InChI=1S/C19H24/c1-6-15(4)19(5,7-2)18-14(3)12-13-16-10-8-9-11-17(16)18/h1,9,11-13,15H,7-8,10H2,2-5H3. The molecule has 0 bridgehead atoms. The maximum Gasteiger partial charge on any atom is 0.0266 e. The number of fused-ring (bicyclic) bond motifs is 1. The molecule has 2 unspecified atom stereocenters. The molecule has 0 amide bonds. The van der Waals surface area contributed by atoms with Crippen molar-refractivity contribution in [3.8, 4) is 12.3 Å². The SMILES string of the molecule is C#CC(C)C(C)(CC)c1c(C)ccc2c1C=CCC2. The summed E-state index contributed by atoms with van der Waals surface area (Å²) < 4.78 is 0. The lowest BCUT2D eigenvalue weighted by Gasteiger charge is -2.36. The zero-order chi connectivity index (χ0) is 14.0. The molecular weight excluding hydrogens is 228 g/mol. The van der Waals surface area contributed by atoms with E-state index in [1.165, 1.54) is 22.3 Å². The minimum absolute atomic E-state index is 0.0614. The second-order valence-electron chi connectivity index (χ2n) is 5.93. The third-order valence-electron chi connectivity index (χ3n) is 4.92. The summed E-state index contributed by atoms with van der Waals surface area (Å²) in [6.45, 7) is 8.96. The number of rotatable bonds is 3. The van der Waals surface area contributed by atoms with Crippen molar-refractivity contribution in [3.05, 3.63) is 40.5 Å². The van der Waals surface area contributed by atoms with E-state index in [9.17, 15) is 0 Å². The minimum atomic E-state index is 0.0614. The van der Waals surface area contributed by atoms with Crippen LogP contribution in [0.2, 0.25) is 0 Å². The van der Waals surface area contributed by atoms with E-state index in [-0.39, 0.29) is 11.3 Å². The van der Waals surface area contributed by atoms with Crippen molar-refractivity contribution < 1.29 is 0 Å². The fraction of sp³-hybridized carbons (Fsp3) is 0.474. The van der Waals surface area contributed by atoms with Gasteiger partial charge in [-0.25, -0.2) is 0 Å². The van der Waals surface area contributed by atoms with Gasteiger partial charge >= 0.3 is 0 Å². The number of benzene rings is 1. The van der Waals surface area contributed by atoms with Gasteiger partial charge in [-0.3, -0.25) is 0 Å². The maximum absolute atomic E-state index is 5.73. The van der Waals surface area contributed by atoms with Crippen molar-refractivity contribution in [2.75, 3.05) is 0 Å². The van der Waals surface area contributed by atoms with Gasteiger partial charge in [-0.1, -0.05) is 45.1 Å². The molecule has 1 aromatic rings. The highest BCUT2D eigenvalue weighted by atomic mass is 14.4. The van der Waals surface area contributed by atoms with Gasteiger partial charge in [0.15, 0.2) is 0 Å². The predicted molar refractivity (Wildman–Crippen MR) is 84.2 cm³/mol. The summed E-state index contributed by atoms with van der Waals surface area (Å²) in [4.78, 5) is 0. The van der Waals surface area contributed by atoms with Crippen LogP contribution in [0.4, 0.5) is 0 Å². The summed E-state index contributed by atoms with van der Waals surface area (Å²) in [5.41, 5.74) is 5.81. The highest BCUT2D eigenvalue weighted by Crippen LogP contribution is 2.41. The number of aryl methyl sites for hydroxylation is 2. The molecule has 2 atom stereocenters. The molecule has 0 fully saturated rings. The van der Waals surface area contributed by atoms with Gasteiger partial charge in [0.05, 0.1) is 0 Å². The van der Waals surface area contributed by atoms with E-state index in [1.807, 2.05) is 0 Å². The molecule has 0 N–H and O–H groups in total.